The number of hydrogen-bond donors (Lipinski definition) is 1. The fraction of sp³-hybridized carbons (Fsp3) is 0.625. The summed E-state index contributed by atoms with van der Waals surface area (Å²) in [6, 6.07) is 0. The third-order valence-electron chi connectivity index (χ3n) is 4.36. The van der Waals surface area contributed by atoms with Crippen LogP contribution in [0.3, 0.4) is 0 Å². The minimum Gasteiger partial charge on any atom is -0.375 e. The summed E-state index contributed by atoms with van der Waals surface area (Å²) >= 11 is 3.46. The predicted molar refractivity (Wildman–Crippen MR) is 91.4 cm³/mol. The van der Waals surface area contributed by atoms with Crippen LogP contribution in [0.25, 0.3) is 0 Å². The van der Waals surface area contributed by atoms with Gasteiger partial charge in [0.25, 0.3) is 0 Å². The molecule has 4 nitrogen and oxygen atoms in total. The molecule has 2 aromatic rings. The standard InChI is InChI=1S/C16H23N3OS2/c1-11-9-22-15(18-11)16(6-4-5-7-16)17-8-13-10-21-14(19-13)12(2)20-3/h9-10,12,17H,4-8H2,1-3H3. The second-order valence-electron chi connectivity index (χ2n) is 5.99. The maximum absolute atomic E-state index is 5.34. The van der Waals surface area contributed by atoms with Crippen molar-refractivity contribution in [2.75, 3.05) is 7.11 Å². The second kappa shape index (κ2) is 6.74. The first-order valence-electron chi connectivity index (χ1n) is 7.78. The minimum absolute atomic E-state index is 0.0512. The molecule has 1 aliphatic rings. The van der Waals surface area contributed by atoms with Crippen LogP contribution in [0.1, 0.15) is 60.1 Å². The first-order chi connectivity index (χ1) is 10.6. The molecule has 0 aromatic carbocycles. The number of methoxy groups -OCH3 is 1. The van der Waals surface area contributed by atoms with E-state index < -0.39 is 0 Å². The normalized spacial score (nSPS) is 18.7. The van der Waals surface area contributed by atoms with E-state index in [9.17, 15) is 0 Å². The quantitative estimate of drug-likeness (QED) is 0.859. The van der Waals surface area contributed by atoms with Crippen molar-refractivity contribution in [1.29, 1.82) is 0 Å². The Hall–Kier alpha value is -0.820. The van der Waals surface area contributed by atoms with E-state index in [0.717, 1.165) is 22.9 Å². The van der Waals surface area contributed by atoms with Crippen molar-refractivity contribution in [2.45, 2.75) is 57.7 Å². The van der Waals surface area contributed by atoms with Gasteiger partial charge in [0, 0.05) is 30.1 Å². The van der Waals surface area contributed by atoms with Crippen molar-refractivity contribution in [1.82, 2.24) is 15.3 Å². The van der Waals surface area contributed by atoms with E-state index in [0.29, 0.717) is 0 Å². The zero-order valence-corrected chi connectivity index (χ0v) is 15.0. The molecule has 0 spiro atoms. The molecule has 0 amide bonds. The van der Waals surface area contributed by atoms with Crippen molar-refractivity contribution in [2.24, 2.45) is 0 Å². The molecule has 120 valence electrons. The molecule has 1 N–H and O–H groups in total. The Morgan fingerprint density at radius 1 is 1.27 bits per heavy atom. The number of thiazole rings is 2. The highest BCUT2D eigenvalue weighted by Gasteiger charge is 2.37. The molecule has 0 aliphatic heterocycles. The molecule has 1 aliphatic carbocycles. The fourth-order valence-electron chi connectivity index (χ4n) is 2.97. The molecule has 1 fully saturated rings. The van der Waals surface area contributed by atoms with Gasteiger partial charge in [-0.1, -0.05) is 12.8 Å². The van der Waals surface area contributed by atoms with Crippen LogP contribution < -0.4 is 5.32 Å². The minimum atomic E-state index is 0.0512. The maximum Gasteiger partial charge on any atom is 0.122 e. The smallest absolute Gasteiger partial charge is 0.122 e. The Bertz CT molecular complexity index is 616. The van der Waals surface area contributed by atoms with Crippen LogP contribution in [0.15, 0.2) is 10.8 Å². The van der Waals surface area contributed by atoms with E-state index in [1.165, 1.54) is 30.7 Å². The molecule has 0 bridgehead atoms. The molecular weight excluding hydrogens is 314 g/mol. The van der Waals surface area contributed by atoms with E-state index in [1.807, 2.05) is 6.92 Å². The van der Waals surface area contributed by atoms with Crippen LogP contribution in [0, 0.1) is 6.92 Å². The van der Waals surface area contributed by atoms with Crippen molar-refractivity contribution < 1.29 is 4.74 Å². The molecule has 0 radical (unpaired) electrons. The van der Waals surface area contributed by atoms with Gasteiger partial charge < -0.3 is 4.74 Å². The highest BCUT2D eigenvalue weighted by Crippen LogP contribution is 2.40. The van der Waals surface area contributed by atoms with Crippen LogP contribution in [0.5, 0.6) is 0 Å². The molecule has 1 unspecified atom stereocenters. The lowest BCUT2D eigenvalue weighted by Crippen LogP contribution is -2.39. The summed E-state index contributed by atoms with van der Waals surface area (Å²) in [5, 5.41) is 10.3. The molecule has 6 heteroatoms. The van der Waals surface area contributed by atoms with Gasteiger partial charge in [0.2, 0.25) is 0 Å². The van der Waals surface area contributed by atoms with Gasteiger partial charge in [0.05, 0.1) is 11.2 Å². The molecule has 1 atom stereocenters. The van der Waals surface area contributed by atoms with Gasteiger partial charge in [-0.15, -0.1) is 22.7 Å². The lowest BCUT2D eigenvalue weighted by molar-refractivity contribution is 0.119. The van der Waals surface area contributed by atoms with Crippen LogP contribution in [-0.4, -0.2) is 17.1 Å². The second-order valence-corrected chi connectivity index (χ2v) is 7.74. The van der Waals surface area contributed by atoms with Gasteiger partial charge in [-0.25, -0.2) is 9.97 Å². The average molecular weight is 338 g/mol. The maximum atomic E-state index is 5.34. The lowest BCUT2D eigenvalue weighted by atomic mass is 9.98. The van der Waals surface area contributed by atoms with Crippen molar-refractivity contribution in [3.63, 3.8) is 0 Å². The topological polar surface area (TPSA) is 47.0 Å². The van der Waals surface area contributed by atoms with Gasteiger partial charge in [0.1, 0.15) is 16.1 Å². The fourth-order valence-corrected chi connectivity index (χ4v) is 4.85. The summed E-state index contributed by atoms with van der Waals surface area (Å²) in [6.45, 7) is 4.90. The Labute approximate surface area is 140 Å². The largest absolute Gasteiger partial charge is 0.375 e. The number of ether oxygens (including phenoxy) is 1. The van der Waals surface area contributed by atoms with Crippen molar-refractivity contribution in [3.8, 4) is 0 Å². The summed E-state index contributed by atoms with van der Waals surface area (Å²) in [5.41, 5.74) is 2.27. The first kappa shape index (κ1) is 16.1. The monoisotopic (exact) mass is 337 g/mol. The Morgan fingerprint density at radius 3 is 2.68 bits per heavy atom. The summed E-state index contributed by atoms with van der Waals surface area (Å²) < 4.78 is 5.34. The van der Waals surface area contributed by atoms with Crippen LogP contribution in [0.4, 0.5) is 0 Å². The van der Waals surface area contributed by atoms with Crippen LogP contribution >= 0.6 is 22.7 Å². The molecule has 3 rings (SSSR count). The number of rotatable bonds is 6. The SMILES string of the molecule is COC(C)c1nc(CNC2(c3nc(C)cs3)CCCC2)cs1. The van der Waals surface area contributed by atoms with E-state index in [2.05, 4.69) is 28.0 Å². The van der Waals surface area contributed by atoms with Crippen LogP contribution in [0.2, 0.25) is 0 Å². The van der Waals surface area contributed by atoms with Crippen LogP contribution in [-0.2, 0) is 16.8 Å². The Kier molecular flexibility index (Phi) is 4.92. The zero-order chi connectivity index (χ0) is 15.6. The van der Waals surface area contributed by atoms with Crippen molar-refractivity contribution in [3.05, 3.63) is 32.2 Å². The molecule has 0 saturated heterocycles. The molecule has 2 aromatic heterocycles. The molecule has 22 heavy (non-hydrogen) atoms. The first-order valence-corrected chi connectivity index (χ1v) is 9.53. The number of nitrogens with one attached hydrogen (secondary N) is 1. The summed E-state index contributed by atoms with van der Waals surface area (Å²) in [6.07, 6.45) is 4.96. The Morgan fingerprint density at radius 2 is 2.05 bits per heavy atom. The zero-order valence-electron chi connectivity index (χ0n) is 13.4. The van der Waals surface area contributed by atoms with Gasteiger partial charge in [-0.05, 0) is 26.7 Å². The van der Waals surface area contributed by atoms with Gasteiger partial charge in [-0.3, -0.25) is 5.32 Å². The number of aromatic nitrogens is 2. The summed E-state index contributed by atoms with van der Waals surface area (Å²) in [4.78, 5) is 9.43. The van der Waals surface area contributed by atoms with Gasteiger partial charge >= 0.3 is 0 Å². The van der Waals surface area contributed by atoms with E-state index in [4.69, 9.17) is 9.72 Å². The van der Waals surface area contributed by atoms with Crippen molar-refractivity contribution >= 4 is 22.7 Å². The predicted octanol–water partition coefficient (Wildman–Crippen LogP) is 4.17. The molecule has 2 heterocycles. The molecule has 1 saturated carbocycles. The lowest BCUT2D eigenvalue weighted by Gasteiger charge is -2.28. The van der Waals surface area contributed by atoms with E-state index in [1.54, 1.807) is 29.8 Å². The van der Waals surface area contributed by atoms with E-state index >= 15 is 0 Å². The highest BCUT2D eigenvalue weighted by molar-refractivity contribution is 7.10. The van der Waals surface area contributed by atoms with Gasteiger partial charge in [0.15, 0.2) is 0 Å². The third kappa shape index (κ3) is 3.25. The third-order valence-corrected chi connectivity index (χ3v) is 6.58. The number of nitrogens with zero attached hydrogens (tertiary/aromatic N) is 2. The Balaban J connectivity index is 1.71. The molecular formula is C16H23N3OS2. The summed E-state index contributed by atoms with van der Waals surface area (Å²) in [5.74, 6) is 0. The summed E-state index contributed by atoms with van der Waals surface area (Å²) in [7, 11) is 1.72. The average Bonchev–Trinajstić information content (AvgIpc) is 3.25. The number of hydrogen-bond acceptors (Lipinski definition) is 6. The highest BCUT2D eigenvalue weighted by atomic mass is 32.1. The van der Waals surface area contributed by atoms with Gasteiger partial charge in [-0.2, -0.15) is 0 Å². The number of aryl methyl sites for hydroxylation is 1. The van der Waals surface area contributed by atoms with E-state index in [-0.39, 0.29) is 11.6 Å².